The topological polar surface area (TPSA) is 68.5 Å². The molecule has 0 bridgehead atoms. The highest BCUT2D eigenvalue weighted by atomic mass is 19.4. The van der Waals surface area contributed by atoms with Crippen molar-refractivity contribution in [3.63, 3.8) is 0 Å². The average Bonchev–Trinajstić information content (AvgIpc) is 2.98. The third-order valence-corrected chi connectivity index (χ3v) is 3.09. The van der Waals surface area contributed by atoms with Crippen molar-refractivity contribution >= 4 is 11.6 Å². The van der Waals surface area contributed by atoms with E-state index in [9.17, 15) is 18.0 Å². The third-order valence-electron chi connectivity index (χ3n) is 3.09. The largest absolute Gasteiger partial charge is 0.471 e. The molecule has 0 atom stereocenters. The first-order valence-corrected chi connectivity index (χ1v) is 6.34. The smallest absolute Gasteiger partial charge is 0.370 e. The Bertz CT molecular complexity index is 682. The van der Waals surface area contributed by atoms with E-state index in [1.165, 1.54) is 12.1 Å². The fraction of sp³-hybridized carbons (Fsp3) is 0.308. The maximum atomic E-state index is 12.4. The molecule has 1 aromatic carbocycles. The van der Waals surface area contributed by atoms with E-state index in [0.29, 0.717) is 24.4 Å². The molecule has 0 radical (unpaired) electrons. The number of anilines is 1. The number of ether oxygens (including phenoxy) is 1. The summed E-state index contributed by atoms with van der Waals surface area (Å²) in [7, 11) is 0. The number of amides is 1. The summed E-state index contributed by atoms with van der Waals surface area (Å²) in [4.78, 5) is 16.6. The van der Waals surface area contributed by atoms with Crippen LogP contribution in [0, 0.1) is 0 Å². The van der Waals surface area contributed by atoms with Crippen LogP contribution in [0.4, 0.5) is 18.9 Å². The highest BCUT2D eigenvalue weighted by molar-refractivity contribution is 5.95. The van der Waals surface area contributed by atoms with Crippen LogP contribution in [0.1, 0.15) is 5.89 Å². The van der Waals surface area contributed by atoms with Crippen molar-refractivity contribution in [2.75, 3.05) is 24.7 Å². The van der Waals surface area contributed by atoms with Crippen LogP contribution >= 0.6 is 0 Å². The van der Waals surface area contributed by atoms with Gasteiger partial charge in [0.25, 0.3) is 5.91 Å². The van der Waals surface area contributed by atoms with Gasteiger partial charge in [0.05, 0.1) is 6.61 Å². The number of carbonyl (C=O) groups is 1. The molecule has 2 heterocycles. The van der Waals surface area contributed by atoms with Crippen molar-refractivity contribution in [3.05, 3.63) is 30.2 Å². The molecule has 1 aromatic heterocycles. The lowest BCUT2D eigenvalue weighted by atomic mass is 10.2. The van der Waals surface area contributed by atoms with Gasteiger partial charge in [0.1, 0.15) is 6.61 Å². The Morgan fingerprint density at radius 3 is 2.50 bits per heavy atom. The Labute approximate surface area is 122 Å². The molecule has 116 valence electrons. The molecule has 1 fully saturated rings. The van der Waals surface area contributed by atoms with Gasteiger partial charge >= 0.3 is 12.1 Å². The minimum Gasteiger partial charge on any atom is -0.370 e. The van der Waals surface area contributed by atoms with Gasteiger partial charge < -0.3 is 14.2 Å². The van der Waals surface area contributed by atoms with Gasteiger partial charge in [0, 0.05) is 17.8 Å². The number of rotatable bonds is 2. The zero-order chi connectivity index (χ0) is 15.7. The van der Waals surface area contributed by atoms with Crippen LogP contribution in [-0.2, 0) is 15.7 Å². The first-order chi connectivity index (χ1) is 10.4. The second-order valence-electron chi connectivity index (χ2n) is 4.57. The molecule has 1 saturated heterocycles. The number of halogens is 3. The molecular weight excluding hydrogens is 303 g/mol. The van der Waals surface area contributed by atoms with Gasteiger partial charge in [0.15, 0.2) is 0 Å². The second-order valence-corrected chi connectivity index (χ2v) is 4.57. The van der Waals surface area contributed by atoms with Crippen molar-refractivity contribution in [1.29, 1.82) is 0 Å². The minimum absolute atomic E-state index is 0.0154. The van der Waals surface area contributed by atoms with Crippen LogP contribution in [-0.4, -0.2) is 35.8 Å². The van der Waals surface area contributed by atoms with Crippen LogP contribution in [0.3, 0.4) is 0 Å². The zero-order valence-corrected chi connectivity index (χ0v) is 11.1. The van der Waals surface area contributed by atoms with E-state index in [1.54, 1.807) is 17.0 Å². The second kappa shape index (κ2) is 5.41. The Morgan fingerprint density at radius 2 is 1.91 bits per heavy atom. The van der Waals surface area contributed by atoms with E-state index in [-0.39, 0.29) is 18.3 Å². The predicted molar refractivity (Wildman–Crippen MR) is 67.9 cm³/mol. The number of hydrogen-bond acceptors (Lipinski definition) is 5. The van der Waals surface area contributed by atoms with Gasteiger partial charge in [-0.3, -0.25) is 4.79 Å². The van der Waals surface area contributed by atoms with Gasteiger partial charge in [0.2, 0.25) is 5.82 Å². The molecule has 0 aliphatic carbocycles. The first kappa shape index (κ1) is 14.5. The maximum absolute atomic E-state index is 12.4. The summed E-state index contributed by atoms with van der Waals surface area (Å²) in [5, 5.41) is 3.30. The van der Waals surface area contributed by atoms with Gasteiger partial charge in [-0.2, -0.15) is 18.2 Å². The lowest BCUT2D eigenvalue weighted by Gasteiger charge is -2.26. The fourth-order valence-corrected chi connectivity index (χ4v) is 2.04. The van der Waals surface area contributed by atoms with Crippen LogP contribution in [0.15, 0.2) is 28.8 Å². The van der Waals surface area contributed by atoms with Crippen LogP contribution in [0.25, 0.3) is 11.4 Å². The van der Waals surface area contributed by atoms with Crippen LogP contribution in [0.2, 0.25) is 0 Å². The Hall–Kier alpha value is -2.42. The monoisotopic (exact) mass is 313 g/mol. The van der Waals surface area contributed by atoms with Gasteiger partial charge in [-0.05, 0) is 24.3 Å². The molecule has 0 unspecified atom stereocenters. The van der Waals surface area contributed by atoms with Crippen molar-refractivity contribution in [2.24, 2.45) is 0 Å². The van der Waals surface area contributed by atoms with Crippen LogP contribution < -0.4 is 4.90 Å². The molecule has 0 spiro atoms. The van der Waals surface area contributed by atoms with E-state index in [2.05, 4.69) is 14.7 Å². The molecule has 0 saturated carbocycles. The number of nitrogens with zero attached hydrogens (tertiary/aromatic N) is 3. The molecule has 2 aromatic rings. The predicted octanol–water partition coefficient (Wildman–Crippen LogP) is 2.12. The fourth-order valence-electron chi connectivity index (χ4n) is 2.04. The standard InChI is InChI=1S/C13H10F3N3O3/c14-13(15,16)12-17-11(18-22-12)8-1-3-9(4-2-8)19-5-6-21-7-10(19)20/h1-4H,5-7H2. The summed E-state index contributed by atoms with van der Waals surface area (Å²) >= 11 is 0. The number of carbonyl (C=O) groups excluding carboxylic acids is 1. The molecule has 22 heavy (non-hydrogen) atoms. The summed E-state index contributed by atoms with van der Waals surface area (Å²) in [6, 6.07) is 6.29. The lowest BCUT2D eigenvalue weighted by Crippen LogP contribution is -2.41. The molecule has 0 N–H and O–H groups in total. The molecule has 9 heteroatoms. The lowest BCUT2D eigenvalue weighted by molar-refractivity contribution is -0.159. The summed E-state index contributed by atoms with van der Waals surface area (Å²) in [6.07, 6.45) is -4.68. The number of aromatic nitrogens is 2. The van der Waals surface area contributed by atoms with Crippen molar-refractivity contribution < 1.29 is 27.2 Å². The number of benzene rings is 1. The Kier molecular flexibility index (Phi) is 3.57. The van der Waals surface area contributed by atoms with E-state index >= 15 is 0 Å². The van der Waals surface area contributed by atoms with Gasteiger partial charge in [-0.15, -0.1) is 0 Å². The van der Waals surface area contributed by atoms with Crippen molar-refractivity contribution in [2.45, 2.75) is 6.18 Å². The summed E-state index contributed by atoms with van der Waals surface area (Å²) in [5.74, 6) is -1.72. The maximum Gasteiger partial charge on any atom is 0.471 e. The van der Waals surface area contributed by atoms with Crippen LogP contribution in [0.5, 0.6) is 0 Å². The first-order valence-electron chi connectivity index (χ1n) is 6.34. The summed E-state index contributed by atoms with van der Waals surface area (Å²) in [6.45, 7) is 0.882. The molecular formula is C13H10F3N3O3. The molecule has 6 nitrogen and oxygen atoms in total. The van der Waals surface area contributed by atoms with Crippen molar-refractivity contribution in [1.82, 2.24) is 10.1 Å². The number of hydrogen-bond donors (Lipinski definition) is 0. The van der Waals surface area contributed by atoms with E-state index < -0.39 is 12.1 Å². The van der Waals surface area contributed by atoms with E-state index in [1.807, 2.05) is 0 Å². The highest BCUT2D eigenvalue weighted by Gasteiger charge is 2.38. The average molecular weight is 313 g/mol. The molecule has 3 rings (SSSR count). The number of morpholine rings is 1. The number of alkyl halides is 3. The Morgan fingerprint density at radius 1 is 1.18 bits per heavy atom. The summed E-state index contributed by atoms with van der Waals surface area (Å²) < 4.78 is 46.5. The van der Waals surface area contributed by atoms with Crippen molar-refractivity contribution in [3.8, 4) is 11.4 Å². The van der Waals surface area contributed by atoms with E-state index in [0.717, 1.165) is 0 Å². The summed E-state index contributed by atoms with van der Waals surface area (Å²) in [5.41, 5.74) is 1.00. The normalized spacial score (nSPS) is 16.1. The van der Waals surface area contributed by atoms with E-state index in [4.69, 9.17) is 4.74 Å². The molecule has 1 aliphatic heterocycles. The minimum atomic E-state index is -4.68. The highest BCUT2D eigenvalue weighted by Crippen LogP contribution is 2.30. The van der Waals surface area contributed by atoms with Gasteiger partial charge in [-0.1, -0.05) is 5.16 Å². The zero-order valence-electron chi connectivity index (χ0n) is 11.1. The SMILES string of the molecule is O=C1COCCN1c1ccc(-c2noc(C(F)(F)F)n2)cc1. The molecule has 1 aliphatic rings. The third kappa shape index (κ3) is 2.80. The Balaban J connectivity index is 1.82. The van der Waals surface area contributed by atoms with Gasteiger partial charge in [-0.25, -0.2) is 0 Å². The molecule has 1 amide bonds. The quantitative estimate of drug-likeness (QED) is 0.849.